The maximum absolute atomic E-state index is 12.2. The Kier molecular flexibility index (Phi) is 15.3. The smallest absolute Gasteiger partial charge is 0.508 e. The summed E-state index contributed by atoms with van der Waals surface area (Å²) in [4.78, 5) is 34.2. The summed E-state index contributed by atoms with van der Waals surface area (Å²) >= 11 is 0. The summed E-state index contributed by atoms with van der Waals surface area (Å²) in [6, 6.07) is 47.6. The van der Waals surface area contributed by atoms with E-state index in [1.54, 1.807) is 98.7 Å². The topological polar surface area (TPSA) is 158 Å². The van der Waals surface area contributed by atoms with Gasteiger partial charge in [0.1, 0.15) is 39.8 Å². The molecule has 0 bridgehead atoms. The third-order valence-corrected chi connectivity index (χ3v) is 13.5. The molecular weight excluding hydrogens is 957 g/mol. The van der Waals surface area contributed by atoms with Crippen LogP contribution < -0.4 is 4.74 Å². The Morgan fingerprint density at radius 3 is 1.09 bits per heavy atom. The first-order valence-corrected chi connectivity index (χ1v) is 25.5. The molecule has 0 fully saturated rings. The number of rotatable bonds is 5. The van der Waals surface area contributed by atoms with Crippen LogP contribution in [0, 0.1) is 11.8 Å². The molecule has 0 radical (unpaired) electrons. The summed E-state index contributed by atoms with van der Waals surface area (Å²) in [5.41, 5.74) is 9.45. The predicted octanol–water partition coefficient (Wildman–Crippen LogP) is 15.3. The molecule has 0 saturated carbocycles. The molecule has 0 spiro atoms. The first-order chi connectivity index (χ1) is 36.0. The molecule has 6 aromatic carbocycles. The van der Waals surface area contributed by atoms with Crippen LogP contribution in [0.5, 0.6) is 23.0 Å². The number of benzene rings is 6. The number of hydrogen-bond donors (Lipinski definition) is 3. The largest absolute Gasteiger partial charge is 0.519 e. The third-order valence-electron chi connectivity index (χ3n) is 13.5. The number of fused-ring (bicyclic) bond motifs is 6. The minimum Gasteiger partial charge on any atom is -0.508 e. The van der Waals surface area contributed by atoms with E-state index in [9.17, 15) is 29.7 Å². The average molecular weight is 1020 g/mol. The second-order valence-electron chi connectivity index (χ2n) is 22.1. The van der Waals surface area contributed by atoms with Crippen molar-refractivity contribution in [1.82, 2.24) is 0 Å². The van der Waals surface area contributed by atoms with Crippen LogP contribution in [0.4, 0.5) is 14.4 Å². The maximum Gasteiger partial charge on any atom is 0.519 e. The van der Waals surface area contributed by atoms with Gasteiger partial charge in [0.05, 0.1) is 10.8 Å². The first-order valence-electron chi connectivity index (χ1n) is 25.5. The molecule has 76 heavy (non-hydrogen) atoms. The van der Waals surface area contributed by atoms with Crippen molar-refractivity contribution < 1.29 is 53.4 Å². The zero-order valence-electron chi connectivity index (χ0n) is 44.5. The molecule has 0 heterocycles. The summed E-state index contributed by atoms with van der Waals surface area (Å²) in [6.07, 6.45) is 12.2. The zero-order chi connectivity index (χ0) is 54.6. The first kappa shape index (κ1) is 54.0. The molecule has 10 rings (SSSR count). The quantitative estimate of drug-likeness (QED) is 0.0653. The molecule has 4 aliphatic rings. The molecule has 392 valence electrons. The fourth-order valence-corrected chi connectivity index (χ4v) is 10.9. The van der Waals surface area contributed by atoms with E-state index in [0.717, 1.165) is 35.1 Å². The third kappa shape index (κ3) is 11.5. The van der Waals surface area contributed by atoms with Crippen LogP contribution in [0.2, 0.25) is 0 Å². The molecule has 6 aromatic rings. The van der Waals surface area contributed by atoms with Gasteiger partial charge >= 0.3 is 18.5 Å². The monoisotopic (exact) mass is 1020 g/mol. The minimum absolute atomic E-state index is 0.206. The SMILES string of the molecule is CC(C)(C)OC(=O)OC(=O)OC(C)(C)C.CC(C)(C)OC(=O)Oc1ccc(C2(c3ccc(O)cc3)c3ccccc3C3=CC=CCC32)cc1.Oc1ccc(C2(c3ccc(O)cc3)c3ccccc3C3=CC=CCC32)cc1. The summed E-state index contributed by atoms with van der Waals surface area (Å²) < 4.78 is 24.5. The Labute approximate surface area is 445 Å². The lowest BCUT2D eigenvalue weighted by Gasteiger charge is -2.38. The lowest BCUT2D eigenvalue weighted by atomic mass is 9.63. The van der Waals surface area contributed by atoms with Crippen LogP contribution in [0.25, 0.3) is 11.1 Å². The molecule has 3 atom stereocenters. The number of carbonyl (C=O) groups is 3. The molecule has 3 N–H and O–H groups in total. The molecule has 11 heteroatoms. The highest BCUT2D eigenvalue weighted by atomic mass is 16.8. The highest BCUT2D eigenvalue weighted by molar-refractivity contribution is 5.85. The number of hydrogen-bond acceptors (Lipinski definition) is 11. The van der Waals surface area contributed by atoms with Gasteiger partial charge in [-0.25, -0.2) is 14.4 Å². The van der Waals surface area contributed by atoms with Crippen molar-refractivity contribution in [3.05, 3.63) is 227 Å². The van der Waals surface area contributed by atoms with Crippen LogP contribution in [0.3, 0.4) is 0 Å². The fraction of sp³-hybridized carbons (Fsp3) is 0.277. The molecule has 0 aromatic heterocycles. The van der Waals surface area contributed by atoms with Crippen LogP contribution >= 0.6 is 0 Å². The molecule has 3 unspecified atom stereocenters. The van der Waals surface area contributed by atoms with Crippen molar-refractivity contribution >= 4 is 29.6 Å². The lowest BCUT2D eigenvalue weighted by molar-refractivity contribution is -0.0294. The molecule has 0 saturated heterocycles. The Balaban J connectivity index is 0.000000163. The number of phenolic OH excluding ortho intramolecular Hbond substituents is 3. The normalized spacial score (nSPS) is 18.5. The van der Waals surface area contributed by atoms with Crippen LogP contribution in [0.1, 0.15) is 120 Å². The summed E-state index contributed by atoms with van der Waals surface area (Å²) in [7, 11) is 0. The fourth-order valence-electron chi connectivity index (χ4n) is 10.9. The van der Waals surface area contributed by atoms with Gasteiger partial charge in [-0.05, 0) is 179 Å². The summed E-state index contributed by atoms with van der Waals surface area (Å²) in [5.74, 6) is 1.69. The van der Waals surface area contributed by atoms with E-state index < -0.39 is 40.7 Å². The average Bonchev–Trinajstić information content (AvgIpc) is 3.82. The number of ether oxygens (including phenoxy) is 5. The van der Waals surface area contributed by atoms with Crippen molar-refractivity contribution in [3.8, 4) is 23.0 Å². The van der Waals surface area contributed by atoms with Crippen molar-refractivity contribution in [2.24, 2.45) is 11.8 Å². The Hall–Kier alpha value is -8.31. The van der Waals surface area contributed by atoms with Crippen molar-refractivity contribution in [3.63, 3.8) is 0 Å². The summed E-state index contributed by atoms with van der Waals surface area (Å²) in [6.45, 7) is 15.4. The van der Waals surface area contributed by atoms with E-state index >= 15 is 0 Å². The molecular formula is C65H66O11. The second-order valence-corrected chi connectivity index (χ2v) is 22.1. The van der Waals surface area contributed by atoms with Crippen LogP contribution in [-0.2, 0) is 29.8 Å². The zero-order valence-corrected chi connectivity index (χ0v) is 44.5. The number of aromatic hydroxyl groups is 3. The van der Waals surface area contributed by atoms with Crippen molar-refractivity contribution in [2.45, 2.75) is 103 Å². The van der Waals surface area contributed by atoms with E-state index in [1.807, 2.05) is 60.7 Å². The Morgan fingerprint density at radius 1 is 0.434 bits per heavy atom. The lowest BCUT2D eigenvalue weighted by Crippen LogP contribution is -2.34. The Bertz CT molecular complexity index is 3120. The van der Waals surface area contributed by atoms with Gasteiger partial charge < -0.3 is 39.0 Å². The van der Waals surface area contributed by atoms with Crippen molar-refractivity contribution in [2.75, 3.05) is 0 Å². The van der Waals surface area contributed by atoms with Gasteiger partial charge in [-0.15, -0.1) is 0 Å². The van der Waals surface area contributed by atoms with E-state index in [0.29, 0.717) is 5.75 Å². The predicted molar refractivity (Wildman–Crippen MR) is 294 cm³/mol. The molecule has 0 aliphatic heterocycles. The van der Waals surface area contributed by atoms with Crippen molar-refractivity contribution in [1.29, 1.82) is 0 Å². The van der Waals surface area contributed by atoms with Gasteiger partial charge in [0.25, 0.3) is 0 Å². The van der Waals surface area contributed by atoms with Crippen LogP contribution in [-0.4, -0.2) is 50.6 Å². The van der Waals surface area contributed by atoms with Gasteiger partial charge in [-0.3, -0.25) is 0 Å². The van der Waals surface area contributed by atoms with Gasteiger partial charge in [0.15, 0.2) is 0 Å². The van der Waals surface area contributed by atoms with E-state index in [4.69, 9.17) is 18.9 Å². The maximum atomic E-state index is 12.2. The standard InChI is InChI=1S/C30H28O4.C25H20O2.C10H18O5/c1-29(2,3)34-28(32)33-23-18-14-21(15-19-23)30(20-12-16-22(31)17-13-20)26-10-6-4-8-24(26)25-9-5-7-11-27(25)30;26-19-13-9-17(10-14-19)25(18-11-15-20(27)16-12-18)23-7-3-1-5-21(23)22-6-2-4-8-24(22)25;1-9(2,3)14-7(11)13-8(12)15-10(4,5)6/h4-10,12-19,27,31H,11H2,1-3H3;1-7,9-16,24,26-27H,8H2;1-6H3. The molecule has 0 amide bonds. The van der Waals surface area contributed by atoms with Gasteiger partial charge in [-0.2, -0.15) is 0 Å². The number of phenols is 3. The van der Waals surface area contributed by atoms with Gasteiger partial charge in [-0.1, -0.05) is 134 Å². The van der Waals surface area contributed by atoms with Crippen LogP contribution in [0.15, 0.2) is 182 Å². The van der Waals surface area contributed by atoms with E-state index in [1.165, 1.54) is 33.4 Å². The number of carbonyl (C=O) groups excluding carboxylic acids is 3. The molecule has 4 aliphatic carbocycles. The Morgan fingerprint density at radius 2 is 0.750 bits per heavy atom. The minimum atomic E-state index is -1.06. The highest BCUT2D eigenvalue weighted by Gasteiger charge is 2.53. The second kappa shape index (κ2) is 21.5. The number of allylic oxidation sites excluding steroid dienone is 8. The highest BCUT2D eigenvalue weighted by Crippen LogP contribution is 2.61. The van der Waals surface area contributed by atoms with Gasteiger partial charge in [0, 0.05) is 11.8 Å². The van der Waals surface area contributed by atoms with E-state index in [-0.39, 0.29) is 34.5 Å². The summed E-state index contributed by atoms with van der Waals surface area (Å²) in [5, 5.41) is 29.7. The van der Waals surface area contributed by atoms with Gasteiger partial charge in [0.2, 0.25) is 0 Å². The molecule has 11 nitrogen and oxygen atoms in total. The van der Waals surface area contributed by atoms with E-state index in [2.05, 4.69) is 89.7 Å².